The summed E-state index contributed by atoms with van der Waals surface area (Å²) in [5.74, 6) is -1.06. The van der Waals surface area contributed by atoms with Crippen LogP contribution in [-0.4, -0.2) is 62.2 Å². The molecule has 0 radical (unpaired) electrons. The van der Waals surface area contributed by atoms with Crippen molar-refractivity contribution in [3.63, 3.8) is 0 Å². The third-order valence-electron chi connectivity index (χ3n) is 8.66. The van der Waals surface area contributed by atoms with Crippen LogP contribution >= 0.6 is 0 Å². The molecule has 8 nitrogen and oxygen atoms in total. The van der Waals surface area contributed by atoms with Crippen LogP contribution < -0.4 is 0 Å². The van der Waals surface area contributed by atoms with E-state index < -0.39 is 11.9 Å². The molecule has 1 aliphatic rings. The average molecular weight is 622 g/mol. The Labute approximate surface area is 269 Å². The predicted octanol–water partition coefficient (Wildman–Crippen LogP) is 6.46. The van der Waals surface area contributed by atoms with Crippen LogP contribution in [-0.2, 0) is 13.0 Å². The fourth-order valence-corrected chi connectivity index (χ4v) is 6.00. The fourth-order valence-electron chi connectivity index (χ4n) is 6.00. The van der Waals surface area contributed by atoms with Gasteiger partial charge in [-0.15, -0.1) is 0 Å². The van der Waals surface area contributed by atoms with Crippen LogP contribution in [0.4, 0.5) is 4.39 Å². The second-order valence-electron chi connectivity index (χ2n) is 11.9. The maximum atomic E-state index is 14.5. The molecule has 1 N–H and O–H groups in total. The van der Waals surface area contributed by atoms with Crippen LogP contribution in [0.5, 0.6) is 0 Å². The molecule has 0 saturated carbocycles. The van der Waals surface area contributed by atoms with Gasteiger partial charge in [-0.2, -0.15) is 10.4 Å². The molecule has 2 heterocycles. The number of aromatic nitrogens is 2. The smallest absolute Gasteiger partial charge is 0.274 e. The lowest BCUT2D eigenvalue weighted by molar-refractivity contribution is 0.0544. The largest absolute Gasteiger partial charge is 0.394 e. The molecule has 2 amide bonds. The summed E-state index contributed by atoms with van der Waals surface area (Å²) >= 11 is 0. The van der Waals surface area contributed by atoms with Crippen molar-refractivity contribution in [2.24, 2.45) is 0 Å². The Morgan fingerprint density at radius 2 is 1.67 bits per heavy atom. The van der Waals surface area contributed by atoms with Gasteiger partial charge in [0.05, 0.1) is 29.5 Å². The van der Waals surface area contributed by atoms with Gasteiger partial charge < -0.3 is 14.9 Å². The minimum absolute atomic E-state index is 0.0933. The third-order valence-corrected chi connectivity index (χ3v) is 8.66. The summed E-state index contributed by atoms with van der Waals surface area (Å²) in [7, 11) is 0. The molecule has 0 spiro atoms. The second-order valence-corrected chi connectivity index (χ2v) is 11.9. The Bertz CT molecular complexity index is 1770. The lowest BCUT2D eigenvalue weighted by Crippen LogP contribution is -2.46. The number of nitrogens with zero attached hydrogens (tertiary/aromatic N) is 5. The number of fused-ring (bicyclic) bond motifs is 1. The van der Waals surface area contributed by atoms with E-state index in [4.69, 9.17) is 5.10 Å². The van der Waals surface area contributed by atoms with E-state index in [2.05, 4.69) is 13.8 Å². The monoisotopic (exact) mass is 621 g/mol. The van der Waals surface area contributed by atoms with E-state index in [1.165, 1.54) is 12.1 Å². The lowest BCUT2D eigenvalue weighted by Gasteiger charge is -2.36. The molecule has 1 aromatic heterocycles. The van der Waals surface area contributed by atoms with Crippen LogP contribution in [0.1, 0.15) is 82.8 Å². The molecule has 46 heavy (non-hydrogen) atoms. The molecule has 0 aliphatic carbocycles. The average Bonchev–Trinajstić information content (AvgIpc) is 3.48. The number of hydrogen-bond donors (Lipinski definition) is 1. The number of carbonyl (C=O) groups excluding carboxylic acids is 2. The highest BCUT2D eigenvalue weighted by Crippen LogP contribution is 2.31. The summed E-state index contributed by atoms with van der Waals surface area (Å²) in [5.41, 5.74) is 5.01. The number of hydrogen-bond acceptors (Lipinski definition) is 5. The minimum atomic E-state index is -0.617. The first kappa shape index (κ1) is 32.6. The van der Waals surface area contributed by atoms with Crippen molar-refractivity contribution in [2.75, 3.05) is 19.7 Å². The van der Waals surface area contributed by atoms with Crippen LogP contribution in [0.25, 0.3) is 16.8 Å². The zero-order chi connectivity index (χ0) is 32.8. The molecule has 5 rings (SSSR count). The van der Waals surface area contributed by atoms with Crippen LogP contribution in [0, 0.1) is 24.1 Å². The standard InChI is InChI=1S/C37H40FN5O3/c1-4-6-16-41(17-7-5-2)37(46)34-18-25(3)43(40-34)35-15-13-28(27-12-14-33(38)30(19-27)22-39)21-32(35)36(45)42-23-29-11-9-8-10-26(29)20-31(42)24-44/h8-15,18-19,21,31,44H,4-7,16-17,20,23-24H2,1-3H3/t31-/m0/s1. The molecule has 1 aliphatic heterocycles. The van der Waals surface area contributed by atoms with Crippen LogP contribution in [0.15, 0.2) is 66.7 Å². The number of carbonyl (C=O) groups is 2. The first-order valence-electron chi connectivity index (χ1n) is 16.0. The molecule has 1 atom stereocenters. The van der Waals surface area contributed by atoms with Crippen LogP contribution in [0.2, 0.25) is 0 Å². The lowest BCUT2D eigenvalue weighted by atomic mass is 9.93. The fraction of sp³-hybridized carbons (Fsp3) is 0.351. The summed E-state index contributed by atoms with van der Waals surface area (Å²) in [6, 6.07) is 20.7. The number of unbranched alkanes of at least 4 members (excludes halogenated alkanes) is 2. The number of benzene rings is 3. The maximum Gasteiger partial charge on any atom is 0.274 e. The Morgan fingerprint density at radius 3 is 2.35 bits per heavy atom. The van der Waals surface area contributed by atoms with Crippen molar-refractivity contribution in [3.05, 3.63) is 106 Å². The number of halogens is 1. The van der Waals surface area contributed by atoms with E-state index in [0.29, 0.717) is 59.8 Å². The molecule has 4 aromatic rings. The van der Waals surface area contributed by atoms with E-state index >= 15 is 0 Å². The molecule has 3 aromatic carbocycles. The zero-order valence-corrected chi connectivity index (χ0v) is 26.7. The van der Waals surface area contributed by atoms with Crippen molar-refractivity contribution in [1.82, 2.24) is 19.6 Å². The van der Waals surface area contributed by atoms with Gasteiger partial charge in [-0.3, -0.25) is 9.59 Å². The number of nitriles is 1. The van der Waals surface area contributed by atoms with Gasteiger partial charge in [0.25, 0.3) is 11.8 Å². The molecular formula is C37H40FN5O3. The van der Waals surface area contributed by atoms with Gasteiger partial charge in [-0.05, 0) is 78.8 Å². The number of aliphatic hydroxyl groups excluding tert-OH is 1. The Balaban J connectivity index is 1.60. The predicted molar refractivity (Wildman–Crippen MR) is 175 cm³/mol. The molecule has 238 valence electrons. The van der Waals surface area contributed by atoms with Gasteiger partial charge >= 0.3 is 0 Å². The second kappa shape index (κ2) is 14.5. The zero-order valence-electron chi connectivity index (χ0n) is 26.7. The van der Waals surface area contributed by atoms with Gasteiger partial charge in [-0.25, -0.2) is 9.07 Å². The first-order valence-corrected chi connectivity index (χ1v) is 16.0. The molecule has 0 bridgehead atoms. The normalized spacial score (nSPS) is 14.1. The molecular weight excluding hydrogens is 581 g/mol. The minimum Gasteiger partial charge on any atom is -0.394 e. The molecule has 0 fully saturated rings. The maximum absolute atomic E-state index is 14.5. The number of aliphatic hydroxyl groups is 1. The highest BCUT2D eigenvalue weighted by Gasteiger charge is 2.32. The molecule has 9 heteroatoms. The van der Waals surface area contributed by atoms with E-state index in [9.17, 15) is 24.3 Å². The van der Waals surface area contributed by atoms with Crippen molar-refractivity contribution < 1.29 is 19.1 Å². The quantitative estimate of drug-likeness (QED) is 0.207. The van der Waals surface area contributed by atoms with Crippen molar-refractivity contribution in [1.29, 1.82) is 5.26 Å². The Hall–Kier alpha value is -4.81. The van der Waals surface area contributed by atoms with Crippen molar-refractivity contribution >= 4 is 11.8 Å². The summed E-state index contributed by atoms with van der Waals surface area (Å²) in [5, 5.41) is 24.5. The summed E-state index contributed by atoms with van der Waals surface area (Å²) in [6.45, 7) is 7.47. The topological polar surface area (TPSA) is 102 Å². The number of rotatable bonds is 11. The third kappa shape index (κ3) is 6.73. The van der Waals surface area contributed by atoms with Gasteiger partial charge in [0.2, 0.25) is 0 Å². The Morgan fingerprint density at radius 1 is 1.00 bits per heavy atom. The van der Waals surface area contributed by atoms with Gasteiger partial charge in [0, 0.05) is 25.3 Å². The summed E-state index contributed by atoms with van der Waals surface area (Å²) in [6.07, 6.45) is 4.26. The van der Waals surface area contributed by atoms with E-state index in [1.54, 1.807) is 39.9 Å². The SMILES string of the molecule is CCCCN(CCCC)C(=O)c1cc(C)n(-c2ccc(-c3ccc(F)c(C#N)c3)cc2C(=O)N2Cc3ccccc3C[C@H]2CO)n1. The van der Waals surface area contributed by atoms with E-state index in [-0.39, 0.29) is 24.0 Å². The van der Waals surface area contributed by atoms with Gasteiger partial charge in [0.1, 0.15) is 11.9 Å². The van der Waals surface area contributed by atoms with Gasteiger partial charge in [0.15, 0.2) is 5.69 Å². The highest BCUT2D eigenvalue weighted by molar-refractivity contribution is 6.00. The van der Waals surface area contributed by atoms with Crippen molar-refractivity contribution in [2.45, 2.75) is 65.5 Å². The van der Waals surface area contributed by atoms with E-state index in [1.807, 2.05) is 42.2 Å². The summed E-state index contributed by atoms with van der Waals surface area (Å²) < 4.78 is 15.8. The Kier molecular flexibility index (Phi) is 10.3. The number of amides is 2. The van der Waals surface area contributed by atoms with Crippen LogP contribution in [0.3, 0.4) is 0 Å². The summed E-state index contributed by atoms with van der Waals surface area (Å²) in [4.78, 5) is 31.7. The first-order chi connectivity index (χ1) is 22.3. The van der Waals surface area contributed by atoms with Crippen molar-refractivity contribution in [3.8, 4) is 22.9 Å². The highest BCUT2D eigenvalue weighted by atomic mass is 19.1. The van der Waals surface area contributed by atoms with E-state index in [0.717, 1.165) is 36.8 Å². The number of aryl methyl sites for hydroxylation is 1. The molecule has 0 unspecified atom stereocenters. The molecule has 0 saturated heterocycles. The van der Waals surface area contributed by atoms with Gasteiger partial charge in [-0.1, -0.05) is 63.1 Å².